The van der Waals surface area contributed by atoms with Crippen LogP contribution in [-0.2, 0) is 17.8 Å². The molecule has 1 aliphatic carbocycles. The molecule has 1 aliphatic heterocycles. The number of aromatic nitrogens is 4. The highest BCUT2D eigenvalue weighted by atomic mass is 16.5. The van der Waals surface area contributed by atoms with Crippen LogP contribution >= 0.6 is 0 Å². The van der Waals surface area contributed by atoms with Gasteiger partial charge in [-0.3, -0.25) is 0 Å². The van der Waals surface area contributed by atoms with Crippen LogP contribution in [-0.4, -0.2) is 91.0 Å². The van der Waals surface area contributed by atoms with Crippen molar-refractivity contribution in [2.24, 2.45) is 5.73 Å². The van der Waals surface area contributed by atoms with Crippen LogP contribution in [0.5, 0.6) is 0 Å². The lowest BCUT2D eigenvalue weighted by Gasteiger charge is -2.22. The minimum atomic E-state index is -1.23. The largest absolute Gasteiger partial charge is 0.445 e. The Hall–Kier alpha value is -4.30. The highest BCUT2D eigenvalue weighted by molar-refractivity contribution is 5.84. The molecule has 6 rings (SSSR count). The number of anilines is 2. The zero-order valence-electron chi connectivity index (χ0n) is 24.2. The Morgan fingerprint density at radius 3 is 2.45 bits per heavy atom. The summed E-state index contributed by atoms with van der Waals surface area (Å²) in [6.07, 6.45) is 0.0275. The summed E-state index contributed by atoms with van der Waals surface area (Å²) >= 11 is 0. The Morgan fingerprint density at radius 1 is 1.05 bits per heavy atom. The molecule has 0 unspecified atom stereocenters. The summed E-state index contributed by atoms with van der Waals surface area (Å²) in [5.74, 6) is 0.907. The molecule has 1 saturated carbocycles. The average Bonchev–Trinajstić information content (AvgIpc) is 3.74. The normalized spacial score (nSPS) is 24.0. The maximum atomic E-state index is 12.5. The van der Waals surface area contributed by atoms with Gasteiger partial charge >= 0.3 is 6.09 Å². The summed E-state index contributed by atoms with van der Waals surface area (Å²) in [5.41, 5.74) is 9.00. The Balaban J connectivity index is 1.25. The lowest BCUT2D eigenvalue weighted by atomic mass is 10.1. The molecule has 1 saturated heterocycles. The molecule has 4 aromatic rings. The van der Waals surface area contributed by atoms with Crippen LogP contribution < -0.4 is 21.3 Å². The second-order valence-electron chi connectivity index (χ2n) is 11.5. The van der Waals surface area contributed by atoms with Crippen LogP contribution in [0.4, 0.5) is 16.6 Å². The van der Waals surface area contributed by atoms with Crippen molar-refractivity contribution in [1.82, 2.24) is 24.8 Å². The van der Waals surface area contributed by atoms with Gasteiger partial charge in [-0.05, 0) is 30.4 Å². The number of fused-ring (bicyclic) bond motifs is 1. The van der Waals surface area contributed by atoms with Crippen molar-refractivity contribution in [3.05, 3.63) is 78.1 Å². The van der Waals surface area contributed by atoms with E-state index in [-0.39, 0.29) is 31.7 Å². The number of alkyl carbamates (subject to hydrolysis) is 1. The van der Waals surface area contributed by atoms with Gasteiger partial charge in [-0.1, -0.05) is 60.7 Å². The fraction of sp³-hybridized carbons (Fsp3) is 0.419. The van der Waals surface area contributed by atoms with E-state index < -0.39 is 30.4 Å². The number of rotatable bonds is 10. The summed E-state index contributed by atoms with van der Waals surface area (Å²) in [7, 11) is 0. The van der Waals surface area contributed by atoms with Crippen molar-refractivity contribution in [1.29, 1.82) is 0 Å². The molecule has 13 heteroatoms. The van der Waals surface area contributed by atoms with Gasteiger partial charge < -0.3 is 45.9 Å². The third kappa shape index (κ3) is 6.45. The minimum Gasteiger partial charge on any atom is -0.445 e. The zero-order chi connectivity index (χ0) is 30.6. The number of nitrogens with one attached hydrogen (secondary N) is 2. The first-order chi connectivity index (χ1) is 21.4. The number of carbonyl (C=O) groups is 1. The number of hydrogen-bond donors (Lipinski definition) is 6. The second kappa shape index (κ2) is 13.1. The molecule has 2 fully saturated rings. The van der Waals surface area contributed by atoms with Crippen molar-refractivity contribution in [2.45, 2.75) is 62.2 Å². The van der Waals surface area contributed by atoms with Gasteiger partial charge in [0.1, 0.15) is 18.8 Å². The third-order valence-corrected chi connectivity index (χ3v) is 8.33. The number of ether oxygens (including phenoxy) is 1. The molecule has 0 radical (unpaired) electrons. The van der Waals surface area contributed by atoms with Gasteiger partial charge in [-0.15, -0.1) is 0 Å². The topological polar surface area (TPSA) is 184 Å². The smallest absolute Gasteiger partial charge is 0.407 e. The number of aliphatic hydroxyl groups excluding tert-OH is 3. The maximum absolute atomic E-state index is 12.5. The van der Waals surface area contributed by atoms with Crippen LogP contribution in [0, 0.1) is 0 Å². The molecular formula is C31H38N8O5. The molecular weight excluding hydrogens is 564 g/mol. The summed E-state index contributed by atoms with van der Waals surface area (Å²) in [4.78, 5) is 28.8. The maximum Gasteiger partial charge on any atom is 0.407 e. The summed E-state index contributed by atoms with van der Waals surface area (Å²) in [6, 6.07) is 17.4. The third-order valence-electron chi connectivity index (χ3n) is 8.33. The van der Waals surface area contributed by atoms with Crippen LogP contribution in [0.15, 0.2) is 67.0 Å². The molecule has 7 N–H and O–H groups in total. The quantitative estimate of drug-likeness (QED) is 0.154. The van der Waals surface area contributed by atoms with E-state index in [1.165, 1.54) is 0 Å². The molecule has 6 atom stereocenters. The molecule has 0 bridgehead atoms. The number of nitrogens with two attached hydrogens (primary N) is 1. The number of hydrogen-bond acceptors (Lipinski definition) is 11. The van der Waals surface area contributed by atoms with Gasteiger partial charge in [0.15, 0.2) is 17.0 Å². The number of nitrogens with zero attached hydrogens (tertiary/aromatic N) is 5. The lowest BCUT2D eigenvalue weighted by Crippen LogP contribution is -2.43. The molecule has 232 valence electrons. The molecule has 0 spiro atoms. The molecule has 1 amide bonds. The second-order valence-corrected chi connectivity index (χ2v) is 11.5. The summed E-state index contributed by atoms with van der Waals surface area (Å²) in [6.45, 7) is 1.23. The van der Waals surface area contributed by atoms with E-state index in [1.54, 1.807) is 10.9 Å². The van der Waals surface area contributed by atoms with E-state index in [9.17, 15) is 20.1 Å². The van der Waals surface area contributed by atoms with E-state index >= 15 is 0 Å². The van der Waals surface area contributed by atoms with Crippen LogP contribution in [0.3, 0.4) is 0 Å². The van der Waals surface area contributed by atoms with Crippen LogP contribution in [0.25, 0.3) is 11.2 Å². The average molecular weight is 603 g/mol. The number of amides is 1. The van der Waals surface area contributed by atoms with E-state index in [4.69, 9.17) is 20.4 Å². The molecule has 13 nitrogen and oxygen atoms in total. The Morgan fingerprint density at radius 2 is 1.77 bits per heavy atom. The van der Waals surface area contributed by atoms with Crippen molar-refractivity contribution in [3.63, 3.8) is 0 Å². The Bertz CT molecular complexity index is 1550. The van der Waals surface area contributed by atoms with E-state index in [1.807, 2.05) is 65.6 Å². The number of aliphatic hydroxyl groups is 3. The van der Waals surface area contributed by atoms with Crippen LogP contribution in [0.2, 0.25) is 0 Å². The van der Waals surface area contributed by atoms with Crippen molar-refractivity contribution < 1.29 is 24.9 Å². The Kier molecular flexibility index (Phi) is 8.89. The monoisotopic (exact) mass is 602 g/mol. The lowest BCUT2D eigenvalue weighted by molar-refractivity contribution is 0.0136. The minimum absolute atomic E-state index is 0.000770. The predicted molar refractivity (Wildman–Crippen MR) is 164 cm³/mol. The molecule has 2 aliphatic rings. The highest BCUT2D eigenvalue weighted by Crippen LogP contribution is 2.35. The molecule has 2 aromatic heterocycles. The SMILES string of the molecule is N[C@@H]1CCN(c2nc(N[C@H](CO)Cc3ccccc3)c3ncn([C@@H]4C[C@H](NC(=O)OCc5ccccc5)[C@@H](O)[C@H]4O)c3n2)C1. The van der Waals surface area contributed by atoms with Gasteiger partial charge in [0, 0.05) is 19.1 Å². The van der Waals surface area contributed by atoms with Crippen molar-refractivity contribution in [3.8, 4) is 0 Å². The molecule has 2 aromatic carbocycles. The van der Waals surface area contributed by atoms with Gasteiger partial charge in [-0.2, -0.15) is 9.97 Å². The van der Waals surface area contributed by atoms with E-state index in [0.717, 1.165) is 17.5 Å². The number of carbonyl (C=O) groups excluding carboxylic acids is 1. The number of imidazole rings is 1. The fourth-order valence-corrected chi connectivity index (χ4v) is 5.96. The van der Waals surface area contributed by atoms with E-state index in [0.29, 0.717) is 42.4 Å². The van der Waals surface area contributed by atoms with Crippen molar-refractivity contribution >= 4 is 29.0 Å². The summed E-state index contributed by atoms with van der Waals surface area (Å²) in [5, 5.41) is 38.3. The molecule has 3 heterocycles. The van der Waals surface area contributed by atoms with Gasteiger partial charge in [0.2, 0.25) is 5.95 Å². The fourth-order valence-electron chi connectivity index (χ4n) is 5.96. The zero-order valence-corrected chi connectivity index (χ0v) is 24.2. The first-order valence-electron chi connectivity index (χ1n) is 14.9. The first kappa shape index (κ1) is 29.8. The molecule has 44 heavy (non-hydrogen) atoms. The van der Waals surface area contributed by atoms with Crippen molar-refractivity contribution in [2.75, 3.05) is 29.9 Å². The first-order valence-corrected chi connectivity index (χ1v) is 14.9. The standard InChI is InChI=1S/C31H38N8O5/c32-21-11-12-38(15-21)30-36-28(34-22(16-40)13-19-7-3-1-4-8-19)25-29(37-30)39(18-33-25)24-14-23(26(41)27(24)42)35-31(43)44-17-20-9-5-2-6-10-20/h1-10,18,21-24,26-27,40-42H,11-17,32H2,(H,35,43)(H,34,36,37)/t21-,22+,23+,24-,26-,27+/m1/s1. The van der Waals surface area contributed by atoms with Gasteiger partial charge in [0.05, 0.1) is 31.1 Å². The van der Waals surface area contributed by atoms with Gasteiger partial charge in [-0.25, -0.2) is 9.78 Å². The van der Waals surface area contributed by atoms with Gasteiger partial charge in [0.25, 0.3) is 0 Å². The Labute approximate surface area is 254 Å². The van der Waals surface area contributed by atoms with E-state index in [2.05, 4.69) is 15.6 Å². The summed E-state index contributed by atoms with van der Waals surface area (Å²) < 4.78 is 7.05. The number of benzene rings is 2. The predicted octanol–water partition coefficient (Wildman–Crippen LogP) is 1.34. The highest BCUT2D eigenvalue weighted by Gasteiger charge is 2.44. The van der Waals surface area contributed by atoms with Crippen LogP contribution in [0.1, 0.15) is 30.0 Å².